The monoisotopic (exact) mass is 588 g/mol. The molecule has 0 aliphatic carbocycles. The first-order chi connectivity index (χ1) is 20.3. The molecular weight excluding hydrogens is 552 g/mol. The van der Waals surface area contributed by atoms with Gasteiger partial charge in [-0.1, -0.05) is 18.5 Å². The average Bonchev–Trinajstić information content (AvgIpc) is 3.47. The molecule has 6 rings (SSSR count). The van der Waals surface area contributed by atoms with Crippen molar-refractivity contribution in [3.63, 3.8) is 0 Å². The number of rotatable bonds is 6. The Balaban J connectivity index is 1.28. The molecular formula is C31H37ClN8O2. The van der Waals surface area contributed by atoms with Gasteiger partial charge >= 0.3 is 6.03 Å². The predicted octanol–water partition coefficient (Wildman–Crippen LogP) is 4.89. The molecule has 3 aromatic rings. The molecule has 0 spiro atoms. The summed E-state index contributed by atoms with van der Waals surface area (Å²) in [7, 11) is 2.16. The normalized spacial score (nSPS) is 19.3. The van der Waals surface area contributed by atoms with Crippen LogP contribution in [0, 0.1) is 6.92 Å². The number of aromatic nitrogens is 2. The lowest BCUT2D eigenvalue weighted by atomic mass is 10.1. The lowest BCUT2D eigenvalue weighted by Gasteiger charge is -2.39. The molecule has 0 radical (unpaired) electrons. The van der Waals surface area contributed by atoms with Gasteiger partial charge in [-0.3, -0.25) is 14.6 Å². The van der Waals surface area contributed by atoms with Crippen molar-refractivity contribution in [1.29, 1.82) is 0 Å². The molecule has 1 atom stereocenters. The molecule has 3 aliphatic heterocycles. The molecule has 1 aromatic heterocycles. The minimum Gasteiger partial charge on any atom is -0.369 e. The number of likely N-dealkylation sites (tertiary alicyclic amines) is 1. The Labute approximate surface area is 251 Å². The predicted molar refractivity (Wildman–Crippen MR) is 167 cm³/mol. The molecule has 3 amide bonds. The molecule has 2 aromatic carbocycles. The van der Waals surface area contributed by atoms with Crippen molar-refractivity contribution in [2.45, 2.75) is 39.3 Å². The van der Waals surface area contributed by atoms with Crippen molar-refractivity contribution >= 4 is 52.4 Å². The molecule has 11 heteroatoms. The second kappa shape index (κ2) is 11.8. The number of piperazine rings is 1. The van der Waals surface area contributed by atoms with Crippen molar-refractivity contribution < 1.29 is 9.59 Å². The number of hydrogen-bond acceptors (Lipinski definition) is 7. The average molecular weight is 589 g/mol. The molecule has 0 bridgehead atoms. The van der Waals surface area contributed by atoms with E-state index in [0.29, 0.717) is 49.3 Å². The Hall–Kier alpha value is -3.89. The zero-order chi connectivity index (χ0) is 29.4. The molecule has 2 saturated heterocycles. The molecule has 3 aliphatic rings. The SMILES string of the molecule is CCC(=O)N1CC[C@H](N2C(=O)N(c3ccc(Cl)cc3)Cc3cnc(Nc4ccc(N5CCN(C)CC5)c(C)c4)nc32)C1. The summed E-state index contributed by atoms with van der Waals surface area (Å²) in [5, 5.41) is 3.97. The summed E-state index contributed by atoms with van der Waals surface area (Å²) in [4.78, 5) is 46.1. The molecule has 220 valence electrons. The quantitative estimate of drug-likeness (QED) is 0.439. The van der Waals surface area contributed by atoms with E-state index in [2.05, 4.69) is 52.3 Å². The van der Waals surface area contributed by atoms with Crippen molar-refractivity contribution in [3.05, 3.63) is 64.8 Å². The fourth-order valence-corrected chi connectivity index (χ4v) is 6.18. The Morgan fingerprint density at radius 2 is 1.83 bits per heavy atom. The number of likely N-dealkylation sites (N-methyl/N-ethyl adjacent to an activating group) is 1. The number of fused-ring (bicyclic) bond motifs is 1. The first-order valence-electron chi connectivity index (χ1n) is 14.6. The van der Waals surface area contributed by atoms with E-state index in [-0.39, 0.29) is 18.0 Å². The van der Waals surface area contributed by atoms with Crippen LogP contribution in [0.3, 0.4) is 0 Å². The number of anilines is 5. The number of halogens is 1. The lowest BCUT2D eigenvalue weighted by Crippen LogP contribution is -2.53. The van der Waals surface area contributed by atoms with Gasteiger partial charge in [0.05, 0.1) is 12.6 Å². The lowest BCUT2D eigenvalue weighted by molar-refractivity contribution is -0.129. The minimum absolute atomic E-state index is 0.0946. The maximum absolute atomic E-state index is 14.1. The van der Waals surface area contributed by atoms with Gasteiger partial charge in [-0.15, -0.1) is 0 Å². The second-order valence-corrected chi connectivity index (χ2v) is 11.7. The molecule has 0 saturated carbocycles. The summed E-state index contributed by atoms with van der Waals surface area (Å²) in [6.45, 7) is 9.56. The minimum atomic E-state index is -0.185. The van der Waals surface area contributed by atoms with Crippen molar-refractivity contribution in [3.8, 4) is 0 Å². The van der Waals surface area contributed by atoms with Crippen LogP contribution in [0.25, 0.3) is 0 Å². The third-order valence-corrected chi connectivity index (χ3v) is 8.71. The van der Waals surface area contributed by atoms with Gasteiger partial charge in [0.15, 0.2) is 0 Å². The van der Waals surface area contributed by atoms with E-state index in [4.69, 9.17) is 16.6 Å². The smallest absolute Gasteiger partial charge is 0.330 e. The maximum atomic E-state index is 14.1. The largest absolute Gasteiger partial charge is 0.369 e. The highest BCUT2D eigenvalue weighted by atomic mass is 35.5. The Morgan fingerprint density at radius 3 is 2.55 bits per heavy atom. The van der Waals surface area contributed by atoms with Gasteiger partial charge in [0.25, 0.3) is 0 Å². The number of nitrogens with one attached hydrogen (secondary N) is 1. The van der Waals surface area contributed by atoms with Crippen molar-refractivity contribution in [2.75, 3.05) is 66.3 Å². The van der Waals surface area contributed by atoms with E-state index in [9.17, 15) is 9.59 Å². The molecule has 0 unspecified atom stereocenters. The van der Waals surface area contributed by atoms with Crippen molar-refractivity contribution in [2.24, 2.45) is 0 Å². The highest BCUT2D eigenvalue weighted by molar-refractivity contribution is 6.30. The van der Waals surface area contributed by atoms with Crippen LogP contribution in [0.15, 0.2) is 48.7 Å². The number of benzene rings is 2. The van der Waals surface area contributed by atoms with E-state index in [1.165, 1.54) is 11.3 Å². The number of hydrogen-bond donors (Lipinski definition) is 1. The van der Waals surface area contributed by atoms with Crippen LogP contribution in [-0.4, -0.2) is 84.1 Å². The van der Waals surface area contributed by atoms with Crippen LogP contribution in [0.4, 0.5) is 33.6 Å². The third kappa shape index (κ3) is 5.61. The Morgan fingerprint density at radius 1 is 1.07 bits per heavy atom. The van der Waals surface area contributed by atoms with Gasteiger partial charge in [0, 0.05) is 79.5 Å². The van der Waals surface area contributed by atoms with Crippen LogP contribution in [0.5, 0.6) is 0 Å². The van der Waals surface area contributed by atoms with E-state index in [0.717, 1.165) is 43.1 Å². The van der Waals surface area contributed by atoms with Gasteiger partial charge in [-0.25, -0.2) is 9.78 Å². The van der Waals surface area contributed by atoms with Crippen LogP contribution in [0.1, 0.15) is 30.9 Å². The molecule has 42 heavy (non-hydrogen) atoms. The molecule has 10 nitrogen and oxygen atoms in total. The van der Waals surface area contributed by atoms with E-state index >= 15 is 0 Å². The third-order valence-electron chi connectivity index (χ3n) is 8.45. The summed E-state index contributed by atoms with van der Waals surface area (Å²) < 4.78 is 0. The number of carbonyl (C=O) groups excluding carboxylic acids is 2. The van der Waals surface area contributed by atoms with Gasteiger partial charge in [-0.05, 0) is 68.4 Å². The summed E-state index contributed by atoms with van der Waals surface area (Å²) in [6, 6.07) is 13.2. The van der Waals surface area contributed by atoms with Gasteiger partial charge in [0.1, 0.15) is 5.82 Å². The molecule has 1 N–H and O–H groups in total. The van der Waals surface area contributed by atoms with E-state index in [1.54, 1.807) is 28.1 Å². The van der Waals surface area contributed by atoms with E-state index in [1.807, 2.05) is 24.0 Å². The van der Waals surface area contributed by atoms with Gasteiger partial charge in [-0.2, -0.15) is 4.98 Å². The number of aryl methyl sites for hydroxylation is 1. The standard InChI is InChI=1S/C31H37ClN8O2/c1-4-28(41)38-12-11-26(20-38)40-29-22(19-39(31(40)42)25-8-5-23(32)6-9-25)18-33-30(35-29)34-24-7-10-27(21(2)17-24)37-15-13-36(3)14-16-37/h5-10,17-18,26H,4,11-16,19-20H2,1-3H3,(H,33,34,35)/t26-/m0/s1. The van der Waals surface area contributed by atoms with E-state index < -0.39 is 0 Å². The van der Waals surface area contributed by atoms with Crippen LogP contribution < -0.4 is 20.0 Å². The van der Waals surface area contributed by atoms with Crippen LogP contribution >= 0.6 is 11.6 Å². The zero-order valence-corrected chi connectivity index (χ0v) is 25.1. The highest BCUT2D eigenvalue weighted by Crippen LogP contribution is 2.35. The van der Waals surface area contributed by atoms with Gasteiger partial charge < -0.3 is 20.0 Å². The molecule has 4 heterocycles. The number of carbonyl (C=O) groups is 2. The highest BCUT2D eigenvalue weighted by Gasteiger charge is 2.41. The fourth-order valence-electron chi connectivity index (χ4n) is 6.06. The number of amides is 3. The summed E-state index contributed by atoms with van der Waals surface area (Å²) >= 11 is 6.12. The van der Waals surface area contributed by atoms with Gasteiger partial charge in [0.2, 0.25) is 11.9 Å². The Bertz CT molecular complexity index is 1470. The Kier molecular flexibility index (Phi) is 7.92. The first kappa shape index (κ1) is 28.2. The summed E-state index contributed by atoms with van der Waals surface area (Å²) in [5.41, 5.74) is 4.91. The topological polar surface area (TPSA) is 88.1 Å². The van der Waals surface area contributed by atoms with Crippen molar-refractivity contribution in [1.82, 2.24) is 19.8 Å². The molecule has 2 fully saturated rings. The summed E-state index contributed by atoms with van der Waals surface area (Å²) in [6.07, 6.45) is 2.92. The van der Waals surface area contributed by atoms with Crippen LogP contribution in [-0.2, 0) is 11.3 Å². The number of urea groups is 1. The number of nitrogens with zero attached hydrogens (tertiary/aromatic N) is 7. The first-order valence-corrected chi connectivity index (χ1v) is 15.0. The van der Waals surface area contributed by atoms with Crippen LogP contribution in [0.2, 0.25) is 5.02 Å². The maximum Gasteiger partial charge on any atom is 0.330 e. The second-order valence-electron chi connectivity index (χ2n) is 11.3. The zero-order valence-electron chi connectivity index (χ0n) is 24.4. The summed E-state index contributed by atoms with van der Waals surface area (Å²) in [5.74, 6) is 1.11. The fraction of sp³-hybridized carbons (Fsp3) is 0.419.